The zero-order chi connectivity index (χ0) is 15.0. The highest BCUT2D eigenvalue weighted by molar-refractivity contribution is 5.30. The Morgan fingerprint density at radius 2 is 2.05 bits per heavy atom. The van der Waals surface area contributed by atoms with E-state index in [0.29, 0.717) is 17.4 Å². The van der Waals surface area contributed by atoms with Crippen LogP contribution in [0.1, 0.15) is 25.7 Å². The van der Waals surface area contributed by atoms with Gasteiger partial charge in [0.25, 0.3) is 0 Å². The third-order valence-electron chi connectivity index (χ3n) is 5.44. The average molecular weight is 306 g/mol. The molecule has 1 aromatic rings. The lowest BCUT2D eigenvalue weighted by atomic mass is 9.79. The van der Waals surface area contributed by atoms with Gasteiger partial charge >= 0.3 is 0 Å². The van der Waals surface area contributed by atoms with Crippen molar-refractivity contribution in [3.63, 3.8) is 0 Å². The molecule has 22 heavy (non-hydrogen) atoms. The summed E-state index contributed by atoms with van der Waals surface area (Å²) in [5, 5.41) is 0. The Morgan fingerprint density at radius 1 is 1.18 bits per heavy atom. The summed E-state index contributed by atoms with van der Waals surface area (Å²) in [7, 11) is 0. The molecular formula is C16H23FN4O. The summed E-state index contributed by atoms with van der Waals surface area (Å²) in [6.45, 7) is 6.08. The largest absolute Gasteiger partial charge is 0.380 e. The molecule has 0 unspecified atom stereocenters. The van der Waals surface area contributed by atoms with E-state index in [9.17, 15) is 4.39 Å². The van der Waals surface area contributed by atoms with E-state index in [-0.39, 0.29) is 5.82 Å². The van der Waals surface area contributed by atoms with Gasteiger partial charge in [0.2, 0.25) is 5.95 Å². The molecule has 0 amide bonds. The summed E-state index contributed by atoms with van der Waals surface area (Å²) in [6, 6.07) is 0.608. The van der Waals surface area contributed by atoms with Crippen molar-refractivity contribution in [2.24, 2.45) is 5.41 Å². The molecule has 1 spiro atoms. The van der Waals surface area contributed by atoms with Crippen LogP contribution in [0.2, 0.25) is 0 Å². The van der Waals surface area contributed by atoms with Crippen molar-refractivity contribution in [3.05, 3.63) is 18.2 Å². The van der Waals surface area contributed by atoms with E-state index in [4.69, 9.17) is 4.74 Å². The van der Waals surface area contributed by atoms with Crippen LogP contribution >= 0.6 is 0 Å². The van der Waals surface area contributed by atoms with Gasteiger partial charge in [0.15, 0.2) is 5.82 Å². The normalized spacial score (nSPS) is 33.0. The third-order valence-corrected chi connectivity index (χ3v) is 5.44. The van der Waals surface area contributed by atoms with Crippen LogP contribution in [0.5, 0.6) is 0 Å². The van der Waals surface area contributed by atoms with Gasteiger partial charge in [-0.2, -0.15) is 0 Å². The van der Waals surface area contributed by atoms with E-state index in [1.807, 2.05) is 0 Å². The molecule has 1 aromatic heterocycles. The van der Waals surface area contributed by atoms with Gasteiger partial charge in [0.1, 0.15) is 0 Å². The molecule has 3 aliphatic rings. The minimum absolute atomic E-state index is 0.346. The molecule has 0 aromatic carbocycles. The highest BCUT2D eigenvalue weighted by atomic mass is 19.1. The molecule has 0 radical (unpaired) electrons. The van der Waals surface area contributed by atoms with E-state index >= 15 is 0 Å². The fraction of sp³-hybridized carbons (Fsp3) is 0.750. The lowest BCUT2D eigenvalue weighted by molar-refractivity contribution is 0.144. The molecule has 3 fully saturated rings. The molecule has 0 saturated carbocycles. The Kier molecular flexibility index (Phi) is 3.74. The SMILES string of the molecule is Fc1cnc(N2CCC[C@@]3(CCN([C@H]4CCOC4)C3)C2)nc1. The van der Waals surface area contributed by atoms with Crippen molar-refractivity contribution < 1.29 is 9.13 Å². The Morgan fingerprint density at radius 3 is 2.82 bits per heavy atom. The van der Waals surface area contributed by atoms with Gasteiger partial charge in [-0.25, -0.2) is 14.4 Å². The number of nitrogens with zero attached hydrogens (tertiary/aromatic N) is 4. The summed E-state index contributed by atoms with van der Waals surface area (Å²) in [4.78, 5) is 13.2. The zero-order valence-corrected chi connectivity index (χ0v) is 12.9. The second kappa shape index (κ2) is 5.74. The van der Waals surface area contributed by atoms with Crippen LogP contribution in [0.25, 0.3) is 0 Å². The van der Waals surface area contributed by atoms with Crippen LogP contribution < -0.4 is 4.90 Å². The first kappa shape index (κ1) is 14.3. The number of rotatable bonds is 2. The Bertz CT molecular complexity index is 519. The Labute approximate surface area is 130 Å². The van der Waals surface area contributed by atoms with Gasteiger partial charge in [-0.05, 0) is 32.2 Å². The summed E-state index contributed by atoms with van der Waals surface area (Å²) in [6.07, 6.45) is 7.37. The number of hydrogen-bond acceptors (Lipinski definition) is 5. The van der Waals surface area contributed by atoms with Crippen molar-refractivity contribution in [1.29, 1.82) is 0 Å². The van der Waals surface area contributed by atoms with Crippen LogP contribution in [0, 0.1) is 11.2 Å². The van der Waals surface area contributed by atoms with Crippen LogP contribution in [0.15, 0.2) is 12.4 Å². The standard InChI is InChI=1S/C16H23FN4O/c17-13-8-18-15(19-9-13)21-5-1-3-16(12-21)4-6-20(11-16)14-2-7-22-10-14/h8-9,14H,1-7,10-12H2/t14-,16-/m0/s1. The summed E-state index contributed by atoms with van der Waals surface area (Å²) < 4.78 is 18.5. The fourth-order valence-electron chi connectivity index (χ4n) is 4.27. The van der Waals surface area contributed by atoms with Crippen molar-refractivity contribution >= 4 is 5.95 Å². The maximum Gasteiger partial charge on any atom is 0.225 e. The number of hydrogen-bond donors (Lipinski definition) is 0. The van der Waals surface area contributed by atoms with Crippen LogP contribution in [0.4, 0.5) is 10.3 Å². The quantitative estimate of drug-likeness (QED) is 0.832. The van der Waals surface area contributed by atoms with Crippen molar-refractivity contribution in [2.75, 3.05) is 44.3 Å². The maximum absolute atomic E-state index is 13.0. The van der Waals surface area contributed by atoms with Gasteiger partial charge in [0.05, 0.1) is 19.0 Å². The average Bonchev–Trinajstić information content (AvgIpc) is 3.18. The number of likely N-dealkylation sites (tertiary alicyclic amines) is 1. The Hall–Kier alpha value is -1.27. The minimum Gasteiger partial charge on any atom is -0.380 e. The molecule has 2 atom stereocenters. The van der Waals surface area contributed by atoms with Gasteiger partial charge in [-0.1, -0.05) is 0 Å². The van der Waals surface area contributed by atoms with Crippen LogP contribution in [-0.2, 0) is 4.74 Å². The summed E-state index contributed by atoms with van der Waals surface area (Å²) in [5.74, 6) is 0.298. The highest BCUT2D eigenvalue weighted by Crippen LogP contribution is 2.41. The monoisotopic (exact) mass is 306 g/mol. The predicted octanol–water partition coefficient (Wildman–Crippen LogP) is 1.70. The molecule has 6 heteroatoms. The summed E-state index contributed by atoms with van der Waals surface area (Å²) in [5.41, 5.74) is 0.346. The minimum atomic E-state index is -0.372. The van der Waals surface area contributed by atoms with E-state index in [1.54, 1.807) is 0 Å². The third kappa shape index (κ3) is 2.70. The number of aromatic nitrogens is 2. The predicted molar refractivity (Wildman–Crippen MR) is 81.3 cm³/mol. The van der Waals surface area contributed by atoms with Crippen LogP contribution in [-0.4, -0.2) is 60.3 Å². The van der Waals surface area contributed by atoms with E-state index in [2.05, 4.69) is 19.8 Å². The number of ether oxygens (including phenoxy) is 1. The molecule has 4 heterocycles. The first-order chi connectivity index (χ1) is 10.7. The molecule has 5 nitrogen and oxygen atoms in total. The summed E-state index contributed by atoms with van der Waals surface area (Å²) >= 11 is 0. The van der Waals surface area contributed by atoms with Crippen molar-refractivity contribution in [2.45, 2.75) is 31.7 Å². The molecule has 3 aliphatic heterocycles. The topological polar surface area (TPSA) is 41.5 Å². The van der Waals surface area contributed by atoms with Gasteiger partial charge in [-0.3, -0.25) is 4.90 Å². The van der Waals surface area contributed by atoms with E-state index in [0.717, 1.165) is 39.3 Å². The molecule has 120 valence electrons. The second-order valence-electron chi connectivity index (χ2n) is 6.96. The molecule has 0 aliphatic carbocycles. The lowest BCUT2D eigenvalue weighted by Crippen LogP contribution is -2.46. The first-order valence-corrected chi connectivity index (χ1v) is 8.28. The van der Waals surface area contributed by atoms with Crippen LogP contribution in [0.3, 0.4) is 0 Å². The van der Waals surface area contributed by atoms with E-state index < -0.39 is 0 Å². The fourth-order valence-corrected chi connectivity index (χ4v) is 4.27. The second-order valence-corrected chi connectivity index (χ2v) is 6.96. The number of halogens is 1. The van der Waals surface area contributed by atoms with Gasteiger partial charge < -0.3 is 9.64 Å². The smallest absolute Gasteiger partial charge is 0.225 e. The van der Waals surface area contributed by atoms with Crippen molar-refractivity contribution in [3.8, 4) is 0 Å². The number of anilines is 1. The molecule has 3 saturated heterocycles. The lowest BCUT2D eigenvalue weighted by Gasteiger charge is -2.40. The molecule has 0 N–H and O–H groups in total. The van der Waals surface area contributed by atoms with Gasteiger partial charge in [0, 0.05) is 37.7 Å². The number of piperidine rings is 1. The van der Waals surface area contributed by atoms with Gasteiger partial charge in [-0.15, -0.1) is 0 Å². The molecular weight excluding hydrogens is 283 g/mol. The maximum atomic E-state index is 13.0. The first-order valence-electron chi connectivity index (χ1n) is 8.28. The molecule has 0 bridgehead atoms. The zero-order valence-electron chi connectivity index (χ0n) is 12.9. The van der Waals surface area contributed by atoms with Crippen molar-refractivity contribution in [1.82, 2.24) is 14.9 Å². The highest BCUT2D eigenvalue weighted by Gasteiger charge is 2.44. The molecule has 4 rings (SSSR count). The Balaban J connectivity index is 1.45. The van der Waals surface area contributed by atoms with E-state index in [1.165, 1.54) is 38.2 Å².